The number of hydrogen-bond acceptors (Lipinski definition) is 6. The molecule has 0 saturated heterocycles. The summed E-state index contributed by atoms with van der Waals surface area (Å²) in [5.74, 6) is 0.305. The van der Waals surface area contributed by atoms with Crippen molar-refractivity contribution in [3.8, 4) is 5.69 Å². The first-order chi connectivity index (χ1) is 16.0. The maximum absolute atomic E-state index is 13.0. The van der Waals surface area contributed by atoms with Crippen LogP contribution in [0, 0.1) is 0 Å². The largest absolute Gasteiger partial charge is 0.459 e. The maximum atomic E-state index is 13.0. The average Bonchev–Trinajstić information content (AvgIpc) is 3.44. The molecule has 2 heterocycles. The molecule has 0 radical (unpaired) electrons. The summed E-state index contributed by atoms with van der Waals surface area (Å²) in [6.07, 6.45) is 8.06. The molecule has 2 aliphatic rings. The standard InChI is InChI=1S/C25H28N4O4/c1-15(2)32-25(31)16-7-5-8-17(13-16)29-21-11-6-10-20(19(21)14-26-29)27-24(30)23-18-9-3-4-12-22(18)33-28-23/h5,7-8,13-15,20H,3-4,6,9-12H2,1-2H3,(H,27,30)/t20-/m1/s1. The molecule has 172 valence electrons. The van der Waals surface area contributed by atoms with Gasteiger partial charge in [-0.05, 0) is 70.6 Å². The Balaban J connectivity index is 1.38. The van der Waals surface area contributed by atoms with Crippen LogP contribution in [0.25, 0.3) is 5.69 Å². The van der Waals surface area contributed by atoms with Crippen LogP contribution in [-0.4, -0.2) is 32.9 Å². The molecule has 0 bridgehead atoms. The molecule has 2 aromatic heterocycles. The van der Waals surface area contributed by atoms with Gasteiger partial charge >= 0.3 is 5.97 Å². The first-order valence-corrected chi connectivity index (χ1v) is 11.7. The normalized spacial score (nSPS) is 17.4. The summed E-state index contributed by atoms with van der Waals surface area (Å²) in [5.41, 5.74) is 4.70. The molecule has 0 aliphatic heterocycles. The molecule has 0 fully saturated rings. The molecule has 0 saturated carbocycles. The van der Waals surface area contributed by atoms with Gasteiger partial charge < -0.3 is 14.6 Å². The lowest BCUT2D eigenvalue weighted by Crippen LogP contribution is -2.32. The van der Waals surface area contributed by atoms with Crippen molar-refractivity contribution in [1.29, 1.82) is 0 Å². The van der Waals surface area contributed by atoms with Crippen molar-refractivity contribution in [2.45, 2.75) is 70.9 Å². The number of ether oxygens (including phenoxy) is 1. The van der Waals surface area contributed by atoms with E-state index < -0.39 is 0 Å². The van der Waals surface area contributed by atoms with Crippen molar-refractivity contribution in [1.82, 2.24) is 20.3 Å². The van der Waals surface area contributed by atoms with Gasteiger partial charge in [0.25, 0.3) is 5.91 Å². The Morgan fingerprint density at radius 3 is 2.88 bits per heavy atom. The van der Waals surface area contributed by atoms with Crippen LogP contribution in [0.3, 0.4) is 0 Å². The molecule has 1 amide bonds. The van der Waals surface area contributed by atoms with Crippen molar-refractivity contribution in [2.24, 2.45) is 0 Å². The van der Waals surface area contributed by atoms with Crippen LogP contribution in [-0.2, 0) is 24.0 Å². The molecule has 5 rings (SSSR count). The molecular formula is C25H28N4O4. The van der Waals surface area contributed by atoms with Crippen LogP contribution in [0.15, 0.2) is 35.0 Å². The smallest absolute Gasteiger partial charge is 0.338 e. The molecule has 3 aromatic rings. The second-order valence-electron chi connectivity index (χ2n) is 9.02. The first kappa shape index (κ1) is 21.4. The van der Waals surface area contributed by atoms with Crippen LogP contribution >= 0.6 is 0 Å². The molecule has 0 unspecified atom stereocenters. The van der Waals surface area contributed by atoms with E-state index in [-0.39, 0.29) is 24.0 Å². The molecule has 2 aliphatic carbocycles. The Morgan fingerprint density at radius 1 is 1.18 bits per heavy atom. The van der Waals surface area contributed by atoms with Gasteiger partial charge in [-0.15, -0.1) is 0 Å². The summed E-state index contributed by atoms with van der Waals surface area (Å²) in [5, 5.41) is 11.8. The Kier molecular flexibility index (Phi) is 5.74. The number of amides is 1. The number of hydrogen-bond donors (Lipinski definition) is 1. The van der Waals surface area contributed by atoms with Crippen molar-refractivity contribution in [3.05, 3.63) is 64.3 Å². The summed E-state index contributed by atoms with van der Waals surface area (Å²) in [4.78, 5) is 25.4. The minimum atomic E-state index is -0.353. The van der Waals surface area contributed by atoms with Gasteiger partial charge in [0.1, 0.15) is 5.76 Å². The van der Waals surface area contributed by atoms with Crippen LogP contribution in [0.4, 0.5) is 0 Å². The summed E-state index contributed by atoms with van der Waals surface area (Å²) in [7, 11) is 0. The predicted octanol–water partition coefficient (Wildman–Crippen LogP) is 4.11. The maximum Gasteiger partial charge on any atom is 0.338 e. The van der Waals surface area contributed by atoms with E-state index in [1.165, 1.54) is 0 Å². The van der Waals surface area contributed by atoms with Gasteiger partial charge in [0.15, 0.2) is 5.69 Å². The molecule has 1 atom stereocenters. The van der Waals surface area contributed by atoms with Gasteiger partial charge in [0.05, 0.1) is 29.6 Å². The summed E-state index contributed by atoms with van der Waals surface area (Å²) < 4.78 is 12.6. The second kappa shape index (κ2) is 8.84. The highest BCUT2D eigenvalue weighted by Gasteiger charge is 2.30. The Bertz CT molecular complexity index is 1190. The lowest BCUT2D eigenvalue weighted by molar-refractivity contribution is 0.0377. The lowest BCUT2D eigenvalue weighted by atomic mass is 9.92. The van der Waals surface area contributed by atoms with E-state index >= 15 is 0 Å². The van der Waals surface area contributed by atoms with Crippen LogP contribution in [0.2, 0.25) is 0 Å². The second-order valence-corrected chi connectivity index (χ2v) is 9.02. The van der Waals surface area contributed by atoms with E-state index in [1.54, 1.807) is 12.1 Å². The summed E-state index contributed by atoms with van der Waals surface area (Å²) in [6, 6.07) is 7.15. The molecule has 1 aromatic carbocycles. The number of benzene rings is 1. The Hall–Kier alpha value is -3.42. The van der Waals surface area contributed by atoms with E-state index in [0.717, 1.165) is 73.2 Å². The third-order valence-electron chi connectivity index (χ3n) is 6.32. The van der Waals surface area contributed by atoms with Crippen molar-refractivity contribution in [3.63, 3.8) is 0 Å². The Labute approximate surface area is 192 Å². The van der Waals surface area contributed by atoms with Gasteiger partial charge in [-0.25, -0.2) is 9.48 Å². The molecule has 33 heavy (non-hydrogen) atoms. The fourth-order valence-corrected chi connectivity index (χ4v) is 4.77. The number of carbonyl (C=O) groups excluding carboxylic acids is 2. The predicted molar refractivity (Wildman–Crippen MR) is 120 cm³/mol. The highest BCUT2D eigenvalue weighted by Crippen LogP contribution is 2.32. The molecule has 8 heteroatoms. The van der Waals surface area contributed by atoms with E-state index in [2.05, 4.69) is 15.6 Å². The third-order valence-corrected chi connectivity index (χ3v) is 6.32. The van der Waals surface area contributed by atoms with Crippen LogP contribution in [0.5, 0.6) is 0 Å². The van der Waals surface area contributed by atoms with Gasteiger partial charge in [0, 0.05) is 23.2 Å². The SMILES string of the molecule is CC(C)OC(=O)c1cccc(-n2ncc3c2CCC[C@H]3NC(=O)c2noc3c2CCCC3)c1. The number of nitrogens with one attached hydrogen (secondary N) is 1. The van der Waals surface area contributed by atoms with E-state index in [0.29, 0.717) is 11.3 Å². The number of esters is 1. The minimum absolute atomic E-state index is 0.139. The van der Waals surface area contributed by atoms with Gasteiger partial charge in [-0.1, -0.05) is 11.2 Å². The van der Waals surface area contributed by atoms with Gasteiger partial charge in [-0.2, -0.15) is 5.10 Å². The fraction of sp³-hybridized carbons (Fsp3) is 0.440. The topological polar surface area (TPSA) is 99.2 Å². The molecular weight excluding hydrogens is 420 g/mol. The lowest BCUT2D eigenvalue weighted by Gasteiger charge is -2.24. The zero-order chi connectivity index (χ0) is 22.9. The number of nitrogens with zero attached hydrogens (tertiary/aromatic N) is 3. The van der Waals surface area contributed by atoms with Crippen molar-refractivity contribution >= 4 is 11.9 Å². The fourth-order valence-electron chi connectivity index (χ4n) is 4.77. The molecule has 1 N–H and O–H groups in total. The number of aromatic nitrogens is 3. The number of aryl methyl sites for hydroxylation is 1. The van der Waals surface area contributed by atoms with Crippen molar-refractivity contribution in [2.75, 3.05) is 0 Å². The van der Waals surface area contributed by atoms with E-state index in [9.17, 15) is 9.59 Å². The monoisotopic (exact) mass is 448 g/mol. The third kappa shape index (κ3) is 4.17. The summed E-state index contributed by atoms with van der Waals surface area (Å²) >= 11 is 0. The van der Waals surface area contributed by atoms with Crippen LogP contribution < -0.4 is 5.32 Å². The van der Waals surface area contributed by atoms with E-state index in [1.807, 2.05) is 36.9 Å². The zero-order valence-corrected chi connectivity index (χ0v) is 19.0. The van der Waals surface area contributed by atoms with Gasteiger partial charge in [0.2, 0.25) is 0 Å². The van der Waals surface area contributed by atoms with E-state index in [4.69, 9.17) is 9.26 Å². The average molecular weight is 449 g/mol. The number of carbonyl (C=O) groups is 2. The highest BCUT2D eigenvalue weighted by atomic mass is 16.5. The highest BCUT2D eigenvalue weighted by molar-refractivity contribution is 5.94. The molecule has 0 spiro atoms. The zero-order valence-electron chi connectivity index (χ0n) is 19.0. The summed E-state index contributed by atoms with van der Waals surface area (Å²) in [6.45, 7) is 3.66. The molecule has 8 nitrogen and oxygen atoms in total. The minimum Gasteiger partial charge on any atom is -0.459 e. The first-order valence-electron chi connectivity index (χ1n) is 11.7. The van der Waals surface area contributed by atoms with Gasteiger partial charge in [-0.3, -0.25) is 4.79 Å². The van der Waals surface area contributed by atoms with Crippen molar-refractivity contribution < 1.29 is 18.8 Å². The quantitative estimate of drug-likeness (QED) is 0.590. The van der Waals surface area contributed by atoms with Crippen LogP contribution in [0.1, 0.15) is 89.0 Å². The number of rotatable bonds is 5. The number of fused-ring (bicyclic) bond motifs is 2. The Morgan fingerprint density at radius 2 is 2.03 bits per heavy atom.